The zero-order chi connectivity index (χ0) is 16.5. The Hall–Kier alpha value is -2.82. The van der Waals surface area contributed by atoms with Gasteiger partial charge in [-0.15, -0.1) is 0 Å². The highest BCUT2D eigenvalue weighted by molar-refractivity contribution is 5.80. The molecule has 122 valence electrons. The van der Waals surface area contributed by atoms with E-state index in [9.17, 15) is 4.79 Å². The maximum absolute atomic E-state index is 11.6. The molecular weight excluding hydrogens is 300 g/mol. The molecule has 1 N–H and O–H groups in total. The van der Waals surface area contributed by atoms with Crippen molar-refractivity contribution >= 4 is 16.9 Å². The number of nitrogens with zero attached hydrogens (tertiary/aromatic N) is 3. The quantitative estimate of drug-likeness (QED) is 0.807. The maximum Gasteiger partial charge on any atom is 0.317 e. The summed E-state index contributed by atoms with van der Waals surface area (Å²) in [5.74, 6) is 0.303. The van der Waals surface area contributed by atoms with E-state index in [1.54, 1.807) is 4.90 Å². The van der Waals surface area contributed by atoms with E-state index in [1.165, 1.54) is 11.1 Å². The third kappa shape index (κ3) is 2.73. The number of carbonyl (C=O) groups excluding carboxylic acids is 1. The van der Waals surface area contributed by atoms with Gasteiger partial charge in [0.05, 0.1) is 18.3 Å². The number of aromatic nitrogens is 2. The van der Waals surface area contributed by atoms with Crippen LogP contribution in [0, 0.1) is 0 Å². The van der Waals surface area contributed by atoms with Gasteiger partial charge in [0.1, 0.15) is 0 Å². The van der Waals surface area contributed by atoms with Gasteiger partial charge in [-0.05, 0) is 17.2 Å². The molecule has 2 heterocycles. The molecule has 0 bridgehead atoms. The summed E-state index contributed by atoms with van der Waals surface area (Å²) in [5.41, 5.74) is 3.61. The molecule has 1 fully saturated rings. The third-order valence-electron chi connectivity index (χ3n) is 4.66. The monoisotopic (exact) mass is 320 g/mol. The lowest BCUT2D eigenvalue weighted by Crippen LogP contribution is -2.48. The van der Waals surface area contributed by atoms with Crippen LogP contribution in [0.4, 0.5) is 4.79 Å². The normalized spacial score (nSPS) is 18.0. The summed E-state index contributed by atoms with van der Waals surface area (Å²) < 4.78 is 2.04. The second-order valence-corrected chi connectivity index (χ2v) is 6.37. The largest absolute Gasteiger partial charge is 0.337 e. The molecule has 0 aliphatic carbocycles. The fourth-order valence-electron chi connectivity index (χ4n) is 3.27. The van der Waals surface area contributed by atoms with Crippen LogP contribution in [0.1, 0.15) is 17.0 Å². The van der Waals surface area contributed by atoms with Gasteiger partial charge in [-0.2, -0.15) is 5.10 Å². The predicted octanol–water partition coefficient (Wildman–Crippen LogP) is 2.82. The molecule has 1 aliphatic heterocycles. The molecule has 2 amide bonds. The van der Waals surface area contributed by atoms with E-state index < -0.39 is 0 Å². The molecule has 1 unspecified atom stereocenters. The van der Waals surface area contributed by atoms with Crippen LogP contribution >= 0.6 is 0 Å². The van der Waals surface area contributed by atoms with E-state index in [1.807, 2.05) is 36.1 Å². The molecule has 1 aromatic heterocycles. The van der Waals surface area contributed by atoms with Gasteiger partial charge in [0.25, 0.3) is 0 Å². The summed E-state index contributed by atoms with van der Waals surface area (Å²) in [7, 11) is 1.83. The molecule has 0 spiro atoms. The number of fused-ring (bicyclic) bond motifs is 1. The van der Waals surface area contributed by atoms with E-state index in [0.717, 1.165) is 24.0 Å². The third-order valence-corrected chi connectivity index (χ3v) is 4.66. The molecule has 2 aromatic carbocycles. The second kappa shape index (κ2) is 6.00. The van der Waals surface area contributed by atoms with Gasteiger partial charge in [-0.3, -0.25) is 4.68 Å². The van der Waals surface area contributed by atoms with Crippen molar-refractivity contribution in [1.29, 1.82) is 0 Å². The maximum atomic E-state index is 11.6. The van der Waals surface area contributed by atoms with E-state index >= 15 is 0 Å². The number of nitrogens with one attached hydrogen (secondary N) is 1. The van der Waals surface area contributed by atoms with Crippen LogP contribution in [-0.2, 0) is 6.54 Å². The van der Waals surface area contributed by atoms with E-state index in [4.69, 9.17) is 0 Å². The van der Waals surface area contributed by atoms with Crippen molar-refractivity contribution in [2.45, 2.75) is 12.5 Å². The lowest BCUT2D eigenvalue weighted by atomic mass is 9.96. The van der Waals surface area contributed by atoms with Gasteiger partial charge in [0.2, 0.25) is 0 Å². The van der Waals surface area contributed by atoms with Crippen molar-refractivity contribution in [3.8, 4) is 0 Å². The van der Waals surface area contributed by atoms with Crippen LogP contribution in [0.15, 0.2) is 54.7 Å². The Morgan fingerprint density at radius 3 is 2.83 bits per heavy atom. The van der Waals surface area contributed by atoms with Crippen molar-refractivity contribution in [2.75, 3.05) is 20.1 Å². The Morgan fingerprint density at radius 2 is 2.04 bits per heavy atom. The van der Waals surface area contributed by atoms with Gasteiger partial charge in [0, 0.05) is 31.4 Å². The number of rotatable bonds is 3. The zero-order valence-corrected chi connectivity index (χ0v) is 13.6. The fraction of sp³-hybridized carbons (Fsp3) is 0.263. The number of amides is 2. The van der Waals surface area contributed by atoms with Crippen molar-refractivity contribution in [3.05, 3.63) is 65.9 Å². The van der Waals surface area contributed by atoms with E-state index in [-0.39, 0.29) is 6.03 Å². The van der Waals surface area contributed by atoms with Crippen molar-refractivity contribution in [2.24, 2.45) is 0 Å². The lowest BCUT2D eigenvalue weighted by Gasteiger charge is -2.30. The van der Waals surface area contributed by atoms with Crippen molar-refractivity contribution < 1.29 is 4.79 Å². The van der Waals surface area contributed by atoms with Crippen molar-refractivity contribution in [1.82, 2.24) is 20.0 Å². The van der Waals surface area contributed by atoms with Crippen LogP contribution < -0.4 is 5.32 Å². The molecule has 1 saturated heterocycles. The predicted molar refractivity (Wildman–Crippen MR) is 94.0 cm³/mol. The highest BCUT2D eigenvalue weighted by atomic mass is 16.2. The molecule has 1 aliphatic rings. The first-order valence-corrected chi connectivity index (χ1v) is 8.19. The minimum Gasteiger partial charge on any atom is -0.337 e. The molecule has 24 heavy (non-hydrogen) atoms. The number of urea groups is 1. The Bertz CT molecular complexity index is 871. The Kier molecular flexibility index (Phi) is 3.69. The molecular formula is C19H20N4O. The van der Waals surface area contributed by atoms with Gasteiger partial charge in [-0.25, -0.2) is 4.79 Å². The number of hydrogen-bond donors (Lipinski definition) is 1. The van der Waals surface area contributed by atoms with Crippen LogP contribution in [0.25, 0.3) is 10.9 Å². The first-order chi connectivity index (χ1) is 11.7. The summed E-state index contributed by atoms with van der Waals surface area (Å²) in [6.45, 7) is 2.18. The van der Waals surface area contributed by atoms with Crippen LogP contribution in [0.5, 0.6) is 0 Å². The highest BCUT2D eigenvalue weighted by Crippen LogP contribution is 2.24. The minimum absolute atomic E-state index is 0.00134. The van der Waals surface area contributed by atoms with Gasteiger partial charge < -0.3 is 10.2 Å². The lowest BCUT2D eigenvalue weighted by molar-refractivity contribution is 0.193. The molecule has 0 radical (unpaired) electrons. The minimum atomic E-state index is 0.00134. The molecule has 3 aromatic rings. The van der Waals surface area contributed by atoms with E-state index in [2.05, 4.69) is 40.7 Å². The Morgan fingerprint density at radius 1 is 1.21 bits per heavy atom. The standard InChI is InChI=1S/C19H20N4O/c1-22-13-17(10-20-19(22)24)15-7-8-16-11-21-23(18(16)9-15)12-14-5-3-2-4-6-14/h2-9,11,17H,10,12-13H2,1H3,(H,20,24). The number of hydrogen-bond acceptors (Lipinski definition) is 2. The SMILES string of the molecule is CN1CC(c2ccc3cnn(Cc4ccccc4)c3c2)CNC1=O. The summed E-state index contributed by atoms with van der Waals surface area (Å²) in [6.07, 6.45) is 1.91. The summed E-state index contributed by atoms with van der Waals surface area (Å²) in [6, 6.07) is 16.8. The van der Waals surface area contributed by atoms with Gasteiger partial charge >= 0.3 is 6.03 Å². The number of benzene rings is 2. The first-order valence-electron chi connectivity index (χ1n) is 8.19. The molecule has 1 atom stereocenters. The van der Waals surface area contributed by atoms with Crippen LogP contribution in [-0.4, -0.2) is 40.8 Å². The van der Waals surface area contributed by atoms with Crippen LogP contribution in [0.2, 0.25) is 0 Å². The first kappa shape index (κ1) is 14.8. The number of carbonyl (C=O) groups is 1. The second-order valence-electron chi connectivity index (χ2n) is 6.37. The van der Waals surface area contributed by atoms with E-state index in [0.29, 0.717) is 12.5 Å². The van der Waals surface area contributed by atoms with Gasteiger partial charge in [-0.1, -0.05) is 42.5 Å². The smallest absolute Gasteiger partial charge is 0.317 e. The zero-order valence-electron chi connectivity index (χ0n) is 13.6. The average Bonchev–Trinajstić information content (AvgIpc) is 3.00. The van der Waals surface area contributed by atoms with Crippen molar-refractivity contribution in [3.63, 3.8) is 0 Å². The molecule has 4 rings (SSSR count). The topological polar surface area (TPSA) is 50.2 Å². The highest BCUT2D eigenvalue weighted by Gasteiger charge is 2.23. The van der Waals surface area contributed by atoms with Crippen LogP contribution in [0.3, 0.4) is 0 Å². The van der Waals surface area contributed by atoms with Gasteiger partial charge in [0.15, 0.2) is 0 Å². The fourth-order valence-corrected chi connectivity index (χ4v) is 3.27. The summed E-state index contributed by atoms with van der Waals surface area (Å²) in [5, 5.41) is 8.62. The number of likely N-dealkylation sites (N-methyl/N-ethyl adjacent to an activating group) is 1. The Balaban J connectivity index is 1.65. The molecule has 0 saturated carbocycles. The molecule has 5 nitrogen and oxygen atoms in total. The Labute approximate surface area is 140 Å². The summed E-state index contributed by atoms with van der Waals surface area (Å²) in [4.78, 5) is 13.3. The summed E-state index contributed by atoms with van der Waals surface area (Å²) >= 11 is 0. The average molecular weight is 320 g/mol. The molecule has 5 heteroatoms.